The van der Waals surface area contributed by atoms with Gasteiger partial charge >= 0.3 is 5.97 Å². The molecule has 2 rings (SSSR count). The van der Waals surface area contributed by atoms with E-state index in [0.29, 0.717) is 6.42 Å². The molecule has 1 aromatic heterocycles. The van der Waals surface area contributed by atoms with Gasteiger partial charge in [0.15, 0.2) is 0 Å². The number of aryl methyl sites for hydroxylation is 1. The van der Waals surface area contributed by atoms with Crippen LogP contribution in [0.4, 0.5) is 0 Å². The highest BCUT2D eigenvalue weighted by atomic mass is 32.1. The van der Waals surface area contributed by atoms with E-state index in [0.717, 1.165) is 22.6 Å². The Morgan fingerprint density at radius 1 is 1.26 bits per heavy atom. The maximum Gasteiger partial charge on any atom is 0.342 e. The van der Waals surface area contributed by atoms with Gasteiger partial charge in [0.25, 0.3) is 0 Å². The summed E-state index contributed by atoms with van der Waals surface area (Å²) in [5.74, 6) is -1.01. The SMILES string of the molecule is Cc1cc(CC(=S)C(=O)O)c(C)n1-c1ccccc1. The van der Waals surface area contributed by atoms with Gasteiger partial charge in [0, 0.05) is 23.5 Å². The van der Waals surface area contributed by atoms with E-state index in [2.05, 4.69) is 4.57 Å². The number of benzene rings is 1. The number of carboxylic acid groups (broad SMARTS) is 1. The minimum atomic E-state index is -1.01. The smallest absolute Gasteiger partial charge is 0.342 e. The van der Waals surface area contributed by atoms with E-state index in [1.54, 1.807) is 0 Å². The molecule has 0 aliphatic rings. The number of rotatable bonds is 4. The summed E-state index contributed by atoms with van der Waals surface area (Å²) in [6, 6.07) is 12.0. The summed E-state index contributed by atoms with van der Waals surface area (Å²) >= 11 is 4.88. The van der Waals surface area contributed by atoms with Gasteiger partial charge in [0.2, 0.25) is 0 Å². The Balaban J connectivity index is 2.41. The molecule has 4 heteroatoms. The lowest BCUT2D eigenvalue weighted by Crippen LogP contribution is -2.13. The molecule has 0 saturated carbocycles. The third-order valence-corrected chi connectivity index (χ3v) is 3.46. The lowest BCUT2D eigenvalue weighted by Gasteiger charge is -2.09. The number of carbonyl (C=O) groups is 1. The van der Waals surface area contributed by atoms with Crippen LogP contribution in [0.15, 0.2) is 36.4 Å². The number of para-hydroxylation sites is 1. The van der Waals surface area contributed by atoms with E-state index in [1.165, 1.54) is 0 Å². The Morgan fingerprint density at radius 3 is 2.47 bits per heavy atom. The summed E-state index contributed by atoms with van der Waals surface area (Å²) in [6.45, 7) is 3.99. The number of thiocarbonyl (C=S) groups is 1. The maximum atomic E-state index is 10.8. The Hall–Kier alpha value is -1.94. The molecule has 0 aliphatic carbocycles. The van der Waals surface area contributed by atoms with Crippen molar-refractivity contribution in [1.29, 1.82) is 0 Å². The maximum absolute atomic E-state index is 10.8. The van der Waals surface area contributed by atoms with Gasteiger partial charge in [-0.15, -0.1) is 0 Å². The van der Waals surface area contributed by atoms with Crippen LogP contribution in [0.25, 0.3) is 5.69 Å². The molecule has 0 spiro atoms. The molecule has 0 radical (unpaired) electrons. The van der Waals surface area contributed by atoms with Gasteiger partial charge in [-0.1, -0.05) is 30.4 Å². The second kappa shape index (κ2) is 5.36. The zero-order valence-corrected chi connectivity index (χ0v) is 11.7. The summed E-state index contributed by atoms with van der Waals surface area (Å²) in [5, 5.41) is 8.88. The molecule has 0 bridgehead atoms. The molecule has 98 valence electrons. The number of hydrogen-bond donors (Lipinski definition) is 1. The first-order valence-electron chi connectivity index (χ1n) is 6.00. The standard InChI is InChI=1S/C15H15NO2S/c1-10-8-12(9-14(19)15(17)18)11(2)16(10)13-6-4-3-5-7-13/h3-8H,9H2,1-2H3,(H,17,18). The zero-order chi connectivity index (χ0) is 14.0. The van der Waals surface area contributed by atoms with E-state index >= 15 is 0 Å². The highest BCUT2D eigenvalue weighted by molar-refractivity contribution is 7.82. The summed E-state index contributed by atoms with van der Waals surface area (Å²) in [4.78, 5) is 10.9. The van der Waals surface area contributed by atoms with Crippen molar-refractivity contribution in [3.63, 3.8) is 0 Å². The fourth-order valence-electron chi connectivity index (χ4n) is 2.23. The summed E-state index contributed by atoms with van der Waals surface area (Å²) in [6.07, 6.45) is 0.303. The van der Waals surface area contributed by atoms with Crippen LogP contribution in [0.5, 0.6) is 0 Å². The molecule has 19 heavy (non-hydrogen) atoms. The van der Waals surface area contributed by atoms with Crippen LogP contribution in [-0.4, -0.2) is 20.5 Å². The number of hydrogen-bond acceptors (Lipinski definition) is 2. The quantitative estimate of drug-likeness (QED) is 0.870. The van der Waals surface area contributed by atoms with Gasteiger partial charge in [-0.2, -0.15) is 0 Å². The van der Waals surface area contributed by atoms with E-state index in [1.807, 2.05) is 50.2 Å². The van der Waals surface area contributed by atoms with Gasteiger partial charge in [-0.25, -0.2) is 4.79 Å². The highest BCUT2D eigenvalue weighted by Crippen LogP contribution is 2.21. The predicted molar refractivity (Wildman–Crippen MR) is 79.2 cm³/mol. The Bertz CT molecular complexity index is 629. The van der Waals surface area contributed by atoms with Crippen LogP contribution in [0, 0.1) is 13.8 Å². The van der Waals surface area contributed by atoms with Crippen molar-refractivity contribution in [3.05, 3.63) is 53.3 Å². The van der Waals surface area contributed by atoms with Crippen molar-refractivity contribution in [1.82, 2.24) is 4.57 Å². The van der Waals surface area contributed by atoms with Crippen molar-refractivity contribution >= 4 is 23.1 Å². The topological polar surface area (TPSA) is 42.2 Å². The third kappa shape index (κ3) is 2.74. The van der Waals surface area contributed by atoms with Crippen molar-refractivity contribution in [2.24, 2.45) is 0 Å². The molecule has 3 nitrogen and oxygen atoms in total. The number of carboxylic acids is 1. The average Bonchev–Trinajstić information content (AvgIpc) is 2.65. The molecule has 0 unspecified atom stereocenters. The largest absolute Gasteiger partial charge is 0.477 e. The van der Waals surface area contributed by atoms with Crippen LogP contribution in [0.2, 0.25) is 0 Å². The lowest BCUT2D eigenvalue weighted by molar-refractivity contribution is -0.129. The van der Waals surface area contributed by atoms with Gasteiger partial charge in [-0.3, -0.25) is 0 Å². The van der Waals surface area contributed by atoms with Crippen molar-refractivity contribution in [2.75, 3.05) is 0 Å². The summed E-state index contributed by atoms with van der Waals surface area (Å²) < 4.78 is 2.11. The van der Waals surface area contributed by atoms with Crippen LogP contribution < -0.4 is 0 Å². The Kier molecular flexibility index (Phi) is 3.81. The molecule has 0 atom stereocenters. The average molecular weight is 273 g/mol. The molecule has 1 N–H and O–H groups in total. The minimum Gasteiger partial charge on any atom is -0.477 e. The number of aliphatic carboxylic acids is 1. The van der Waals surface area contributed by atoms with Crippen molar-refractivity contribution < 1.29 is 9.90 Å². The monoisotopic (exact) mass is 273 g/mol. The molecule has 0 saturated heterocycles. The highest BCUT2D eigenvalue weighted by Gasteiger charge is 2.14. The van der Waals surface area contributed by atoms with Gasteiger partial charge in [0.1, 0.15) is 4.86 Å². The first-order chi connectivity index (χ1) is 9.00. The van der Waals surface area contributed by atoms with Gasteiger partial charge in [0.05, 0.1) is 0 Å². The molecule has 0 aliphatic heterocycles. The van der Waals surface area contributed by atoms with E-state index < -0.39 is 5.97 Å². The minimum absolute atomic E-state index is 0.0494. The normalized spacial score (nSPS) is 10.4. The molecule has 2 aromatic rings. The lowest BCUT2D eigenvalue weighted by atomic mass is 10.1. The third-order valence-electron chi connectivity index (χ3n) is 3.14. The van der Waals surface area contributed by atoms with E-state index in [-0.39, 0.29) is 4.86 Å². The molecule has 0 fully saturated rings. The molecule has 1 heterocycles. The van der Waals surface area contributed by atoms with Crippen LogP contribution >= 0.6 is 12.2 Å². The van der Waals surface area contributed by atoms with Crippen molar-refractivity contribution in [2.45, 2.75) is 20.3 Å². The molecular formula is C15H15NO2S. The predicted octanol–water partition coefficient (Wildman–Crippen LogP) is 3.09. The molecular weight excluding hydrogens is 258 g/mol. The summed E-state index contributed by atoms with van der Waals surface area (Å²) in [7, 11) is 0. The fraction of sp³-hybridized carbons (Fsp3) is 0.200. The molecule has 0 amide bonds. The first kappa shape index (κ1) is 13.5. The van der Waals surface area contributed by atoms with Gasteiger partial charge in [-0.05, 0) is 37.6 Å². The second-order valence-electron chi connectivity index (χ2n) is 4.47. The molecule has 1 aromatic carbocycles. The zero-order valence-electron chi connectivity index (χ0n) is 10.9. The first-order valence-corrected chi connectivity index (χ1v) is 6.41. The van der Waals surface area contributed by atoms with Crippen LogP contribution in [-0.2, 0) is 11.2 Å². The number of nitrogens with zero attached hydrogens (tertiary/aromatic N) is 1. The fourth-order valence-corrected chi connectivity index (χ4v) is 2.39. The van der Waals surface area contributed by atoms with Gasteiger partial charge < -0.3 is 9.67 Å². The van der Waals surface area contributed by atoms with Crippen LogP contribution in [0.3, 0.4) is 0 Å². The van der Waals surface area contributed by atoms with Crippen molar-refractivity contribution in [3.8, 4) is 5.69 Å². The Labute approximate surface area is 117 Å². The number of aromatic nitrogens is 1. The van der Waals surface area contributed by atoms with E-state index in [9.17, 15) is 4.79 Å². The van der Waals surface area contributed by atoms with E-state index in [4.69, 9.17) is 17.3 Å². The van der Waals surface area contributed by atoms with Crippen LogP contribution in [0.1, 0.15) is 17.0 Å². The second-order valence-corrected chi connectivity index (χ2v) is 4.97. The Morgan fingerprint density at radius 2 is 1.89 bits per heavy atom. The summed E-state index contributed by atoms with van der Waals surface area (Å²) in [5.41, 5.74) is 4.15.